The molecule has 1 aliphatic rings. The largest absolute Gasteiger partial charge is 0.367 e. The minimum Gasteiger partial charge on any atom is -0.367 e. The molecule has 2 atom stereocenters. The van der Waals surface area contributed by atoms with Gasteiger partial charge in [0.15, 0.2) is 0 Å². The van der Waals surface area contributed by atoms with Crippen LogP contribution in [0.4, 0.5) is 0 Å². The number of aromatic nitrogens is 2. The van der Waals surface area contributed by atoms with Crippen LogP contribution in [0.1, 0.15) is 57.2 Å². The highest BCUT2D eigenvalue weighted by Gasteiger charge is 2.35. The molecule has 96 valence electrons. The summed E-state index contributed by atoms with van der Waals surface area (Å²) in [6.45, 7) is 5.41. The second kappa shape index (κ2) is 5.14. The molecule has 1 aromatic heterocycles. The van der Waals surface area contributed by atoms with E-state index in [1.165, 1.54) is 0 Å². The molecule has 5 heteroatoms. The molecule has 1 aliphatic heterocycles. The first-order valence-electron chi connectivity index (χ1n) is 6.37. The monoisotopic (exact) mass is 239 g/mol. The van der Waals surface area contributed by atoms with Crippen molar-refractivity contribution >= 4 is 0 Å². The summed E-state index contributed by atoms with van der Waals surface area (Å²) in [6.07, 6.45) is 4.12. The molecule has 0 bridgehead atoms. The highest BCUT2D eigenvalue weighted by atomic mass is 16.5. The Balaban J connectivity index is 2.16. The molecule has 0 aliphatic carbocycles. The molecule has 0 spiro atoms. The zero-order valence-electron chi connectivity index (χ0n) is 10.6. The lowest BCUT2D eigenvalue weighted by Crippen LogP contribution is -2.31. The maximum Gasteiger partial charge on any atom is 0.231 e. The molecular formula is C12H21N3O2. The summed E-state index contributed by atoms with van der Waals surface area (Å²) in [5, 5.41) is 4.06. The maximum absolute atomic E-state index is 5.80. The zero-order valence-corrected chi connectivity index (χ0v) is 10.6. The van der Waals surface area contributed by atoms with E-state index in [2.05, 4.69) is 17.1 Å². The Morgan fingerprint density at radius 2 is 2.29 bits per heavy atom. The summed E-state index contributed by atoms with van der Waals surface area (Å²) in [6, 6.07) is 0. The molecule has 2 unspecified atom stereocenters. The highest BCUT2D eigenvalue weighted by Crippen LogP contribution is 2.33. The van der Waals surface area contributed by atoms with Gasteiger partial charge in [0.25, 0.3) is 0 Å². The van der Waals surface area contributed by atoms with Crippen LogP contribution in [0.15, 0.2) is 4.52 Å². The predicted molar refractivity (Wildman–Crippen MR) is 63.5 cm³/mol. The second-order valence-corrected chi connectivity index (χ2v) is 4.83. The van der Waals surface area contributed by atoms with Crippen molar-refractivity contribution in [3.05, 3.63) is 11.7 Å². The van der Waals surface area contributed by atoms with Crippen molar-refractivity contribution < 1.29 is 9.26 Å². The quantitative estimate of drug-likeness (QED) is 0.869. The first-order chi connectivity index (χ1) is 8.19. The van der Waals surface area contributed by atoms with Crippen molar-refractivity contribution in [2.45, 2.75) is 51.0 Å². The van der Waals surface area contributed by atoms with Crippen LogP contribution in [-0.4, -0.2) is 23.3 Å². The van der Waals surface area contributed by atoms with Gasteiger partial charge in [-0.2, -0.15) is 4.98 Å². The van der Waals surface area contributed by atoms with Crippen LogP contribution >= 0.6 is 0 Å². The lowest BCUT2D eigenvalue weighted by atomic mass is 9.95. The van der Waals surface area contributed by atoms with E-state index in [4.69, 9.17) is 15.0 Å². The van der Waals surface area contributed by atoms with E-state index in [0.29, 0.717) is 18.3 Å². The molecule has 17 heavy (non-hydrogen) atoms. The summed E-state index contributed by atoms with van der Waals surface area (Å²) in [7, 11) is 0. The van der Waals surface area contributed by atoms with Crippen LogP contribution in [0, 0.1) is 0 Å². The molecule has 0 radical (unpaired) electrons. The van der Waals surface area contributed by atoms with Crippen LogP contribution in [0.2, 0.25) is 0 Å². The molecule has 2 N–H and O–H groups in total. The normalized spacial score (nSPS) is 27.0. The Morgan fingerprint density at radius 1 is 1.47 bits per heavy atom. The number of ether oxygens (including phenoxy) is 1. The van der Waals surface area contributed by atoms with Gasteiger partial charge < -0.3 is 15.0 Å². The van der Waals surface area contributed by atoms with Gasteiger partial charge in [-0.15, -0.1) is 0 Å². The Kier molecular flexibility index (Phi) is 3.79. The second-order valence-electron chi connectivity index (χ2n) is 4.83. The molecule has 2 rings (SSSR count). The van der Waals surface area contributed by atoms with Crippen molar-refractivity contribution in [3.63, 3.8) is 0 Å². The van der Waals surface area contributed by atoms with E-state index in [1.807, 2.05) is 6.92 Å². The number of hydrogen-bond donors (Lipinski definition) is 1. The SMILES string of the molecule is CCC(CN)c1nc(C2(C)CCCCO2)no1. The summed E-state index contributed by atoms with van der Waals surface area (Å²) < 4.78 is 11.1. The molecular weight excluding hydrogens is 218 g/mol. The molecule has 0 aromatic carbocycles. The predicted octanol–water partition coefficient (Wildman–Crippen LogP) is 1.94. The summed E-state index contributed by atoms with van der Waals surface area (Å²) in [4.78, 5) is 4.46. The van der Waals surface area contributed by atoms with Gasteiger partial charge >= 0.3 is 0 Å². The highest BCUT2D eigenvalue weighted by molar-refractivity contribution is 5.03. The fraction of sp³-hybridized carbons (Fsp3) is 0.833. The van der Waals surface area contributed by atoms with E-state index in [-0.39, 0.29) is 11.5 Å². The van der Waals surface area contributed by atoms with Gasteiger partial charge in [0.2, 0.25) is 11.7 Å². The third kappa shape index (κ3) is 2.50. The van der Waals surface area contributed by atoms with Crippen LogP contribution < -0.4 is 5.73 Å². The van der Waals surface area contributed by atoms with Crippen molar-refractivity contribution in [3.8, 4) is 0 Å². The van der Waals surface area contributed by atoms with Crippen molar-refractivity contribution in [1.82, 2.24) is 10.1 Å². The van der Waals surface area contributed by atoms with Gasteiger partial charge in [-0.25, -0.2) is 0 Å². The lowest BCUT2D eigenvalue weighted by Gasteiger charge is -2.30. The zero-order chi connectivity index (χ0) is 12.3. The topological polar surface area (TPSA) is 74.2 Å². The molecule has 5 nitrogen and oxygen atoms in total. The van der Waals surface area contributed by atoms with Crippen LogP contribution in [0.3, 0.4) is 0 Å². The molecule has 1 aromatic rings. The maximum atomic E-state index is 5.80. The Morgan fingerprint density at radius 3 is 2.88 bits per heavy atom. The summed E-state index contributed by atoms with van der Waals surface area (Å²) >= 11 is 0. The van der Waals surface area contributed by atoms with Gasteiger partial charge in [-0.05, 0) is 32.6 Å². The fourth-order valence-corrected chi connectivity index (χ4v) is 2.17. The van der Waals surface area contributed by atoms with E-state index >= 15 is 0 Å². The van der Waals surface area contributed by atoms with Crippen LogP contribution in [0.5, 0.6) is 0 Å². The van der Waals surface area contributed by atoms with Crippen molar-refractivity contribution in [2.75, 3.05) is 13.2 Å². The summed E-state index contributed by atoms with van der Waals surface area (Å²) in [5.41, 5.74) is 5.29. The summed E-state index contributed by atoms with van der Waals surface area (Å²) in [5.74, 6) is 1.46. The smallest absolute Gasteiger partial charge is 0.231 e. The van der Waals surface area contributed by atoms with Gasteiger partial charge in [0.05, 0.1) is 5.92 Å². The van der Waals surface area contributed by atoms with E-state index < -0.39 is 0 Å². The van der Waals surface area contributed by atoms with Crippen molar-refractivity contribution in [1.29, 1.82) is 0 Å². The van der Waals surface area contributed by atoms with Gasteiger partial charge in [-0.1, -0.05) is 12.1 Å². The van der Waals surface area contributed by atoms with Gasteiger partial charge in [0.1, 0.15) is 5.60 Å². The number of hydrogen-bond acceptors (Lipinski definition) is 5. The molecule has 1 saturated heterocycles. The van der Waals surface area contributed by atoms with E-state index in [1.54, 1.807) is 0 Å². The average Bonchev–Trinajstić information content (AvgIpc) is 2.82. The number of nitrogens with zero attached hydrogens (tertiary/aromatic N) is 2. The third-order valence-corrected chi connectivity index (χ3v) is 3.51. The van der Waals surface area contributed by atoms with E-state index in [9.17, 15) is 0 Å². The lowest BCUT2D eigenvalue weighted by molar-refractivity contribution is -0.0770. The van der Waals surface area contributed by atoms with Crippen LogP contribution in [-0.2, 0) is 10.3 Å². The standard InChI is InChI=1S/C12H21N3O2/c1-3-9(8-13)10-14-11(15-17-10)12(2)6-4-5-7-16-12/h9H,3-8,13H2,1-2H3. The Hall–Kier alpha value is -0.940. The Bertz CT molecular complexity index is 354. The first kappa shape index (κ1) is 12.5. The average molecular weight is 239 g/mol. The minimum atomic E-state index is -0.382. The molecule has 2 heterocycles. The Labute approximate surface area is 102 Å². The first-order valence-corrected chi connectivity index (χ1v) is 6.37. The van der Waals surface area contributed by atoms with E-state index in [0.717, 1.165) is 32.3 Å². The van der Waals surface area contributed by atoms with Gasteiger partial charge in [0, 0.05) is 13.2 Å². The third-order valence-electron chi connectivity index (χ3n) is 3.51. The van der Waals surface area contributed by atoms with Crippen molar-refractivity contribution in [2.24, 2.45) is 5.73 Å². The molecule has 0 saturated carbocycles. The molecule has 0 amide bonds. The fourth-order valence-electron chi connectivity index (χ4n) is 2.17. The van der Waals surface area contributed by atoms with Crippen LogP contribution in [0.25, 0.3) is 0 Å². The molecule has 1 fully saturated rings. The number of rotatable bonds is 4. The minimum absolute atomic E-state index is 0.156. The number of nitrogens with two attached hydrogens (primary N) is 1. The van der Waals surface area contributed by atoms with Gasteiger partial charge in [-0.3, -0.25) is 0 Å².